The molecule has 1 saturated heterocycles. The van der Waals surface area contributed by atoms with Crippen molar-refractivity contribution in [3.05, 3.63) is 30.3 Å². The minimum atomic E-state index is -0.885. The number of imide groups is 1. The van der Waals surface area contributed by atoms with Crippen LogP contribution >= 0.6 is 0 Å². The van der Waals surface area contributed by atoms with E-state index in [9.17, 15) is 14.4 Å². The van der Waals surface area contributed by atoms with Crippen LogP contribution in [0.15, 0.2) is 30.3 Å². The van der Waals surface area contributed by atoms with Gasteiger partial charge < -0.3 is 11.1 Å². The lowest BCUT2D eigenvalue weighted by atomic mass is 10.2. The van der Waals surface area contributed by atoms with E-state index in [-0.39, 0.29) is 18.5 Å². The first-order valence-corrected chi connectivity index (χ1v) is 6.75. The molecule has 1 atom stereocenters. The molecule has 4 amide bonds. The second-order valence-electron chi connectivity index (χ2n) is 4.90. The van der Waals surface area contributed by atoms with E-state index in [1.807, 2.05) is 23.5 Å². The number of carbonyl (C=O) groups excluding carboxylic acids is 3. The van der Waals surface area contributed by atoms with Crippen LogP contribution in [0.2, 0.25) is 0 Å². The first-order valence-electron chi connectivity index (χ1n) is 6.75. The molecule has 1 aromatic rings. The number of benzene rings is 1. The Morgan fingerprint density at radius 3 is 2.62 bits per heavy atom. The Labute approximate surface area is 122 Å². The zero-order chi connectivity index (χ0) is 15.2. The first-order chi connectivity index (χ1) is 10.1. The molecule has 1 aromatic carbocycles. The second-order valence-corrected chi connectivity index (χ2v) is 4.90. The summed E-state index contributed by atoms with van der Waals surface area (Å²) >= 11 is 0. The van der Waals surface area contributed by atoms with Crippen molar-refractivity contribution in [3.63, 3.8) is 0 Å². The Balaban J connectivity index is 1.93. The van der Waals surface area contributed by atoms with Crippen molar-refractivity contribution in [2.24, 2.45) is 5.73 Å². The van der Waals surface area contributed by atoms with E-state index in [2.05, 4.69) is 5.32 Å². The van der Waals surface area contributed by atoms with Crippen LogP contribution in [0.4, 0.5) is 10.5 Å². The SMILES string of the molecule is NC(=O)NC(=O)CN1CCC[C@@H]1C(=O)Nc1ccccc1. The average Bonchev–Trinajstić information content (AvgIpc) is 2.87. The van der Waals surface area contributed by atoms with Crippen molar-refractivity contribution in [1.29, 1.82) is 0 Å². The number of nitrogens with one attached hydrogen (secondary N) is 2. The Morgan fingerprint density at radius 2 is 1.95 bits per heavy atom. The van der Waals surface area contributed by atoms with Gasteiger partial charge in [0, 0.05) is 5.69 Å². The van der Waals surface area contributed by atoms with Gasteiger partial charge in [-0.05, 0) is 31.5 Å². The molecule has 0 aromatic heterocycles. The summed E-state index contributed by atoms with van der Waals surface area (Å²) in [6.45, 7) is 0.620. The smallest absolute Gasteiger partial charge is 0.318 e. The molecule has 0 unspecified atom stereocenters. The third-order valence-corrected chi connectivity index (χ3v) is 3.32. The molecule has 1 heterocycles. The second kappa shape index (κ2) is 6.85. The van der Waals surface area contributed by atoms with E-state index >= 15 is 0 Å². The van der Waals surface area contributed by atoms with Crippen molar-refractivity contribution >= 4 is 23.5 Å². The van der Waals surface area contributed by atoms with Crippen LogP contribution in [-0.4, -0.2) is 41.9 Å². The van der Waals surface area contributed by atoms with E-state index in [4.69, 9.17) is 5.73 Å². The summed E-state index contributed by atoms with van der Waals surface area (Å²) in [6.07, 6.45) is 1.51. The molecule has 0 aliphatic carbocycles. The van der Waals surface area contributed by atoms with Gasteiger partial charge in [0.25, 0.3) is 0 Å². The molecule has 7 heteroatoms. The van der Waals surface area contributed by atoms with Crippen LogP contribution < -0.4 is 16.4 Å². The highest BCUT2D eigenvalue weighted by molar-refractivity contribution is 5.97. The summed E-state index contributed by atoms with van der Waals surface area (Å²) in [6, 6.07) is 7.89. The first kappa shape index (κ1) is 15.0. The van der Waals surface area contributed by atoms with Gasteiger partial charge in [0.15, 0.2) is 0 Å². The quantitative estimate of drug-likeness (QED) is 0.741. The highest BCUT2D eigenvalue weighted by Crippen LogP contribution is 2.18. The highest BCUT2D eigenvalue weighted by atomic mass is 16.2. The number of hydrogen-bond acceptors (Lipinski definition) is 4. The lowest BCUT2D eigenvalue weighted by molar-refractivity contribution is -0.124. The number of nitrogens with two attached hydrogens (primary N) is 1. The number of amides is 4. The molecule has 1 aliphatic heterocycles. The van der Waals surface area contributed by atoms with Crippen molar-refractivity contribution in [1.82, 2.24) is 10.2 Å². The van der Waals surface area contributed by atoms with E-state index in [1.165, 1.54) is 0 Å². The van der Waals surface area contributed by atoms with Gasteiger partial charge in [0.1, 0.15) is 0 Å². The van der Waals surface area contributed by atoms with Crippen LogP contribution in [-0.2, 0) is 9.59 Å². The van der Waals surface area contributed by atoms with Gasteiger partial charge >= 0.3 is 6.03 Å². The Morgan fingerprint density at radius 1 is 1.24 bits per heavy atom. The molecule has 0 saturated carbocycles. The van der Waals surface area contributed by atoms with Crippen molar-refractivity contribution in [2.75, 3.05) is 18.4 Å². The lowest BCUT2D eigenvalue weighted by Crippen LogP contribution is -2.47. The normalized spacial score (nSPS) is 18.2. The van der Waals surface area contributed by atoms with E-state index in [0.29, 0.717) is 13.0 Å². The number of anilines is 1. The minimum absolute atomic E-state index is 0.0180. The number of carbonyl (C=O) groups is 3. The van der Waals surface area contributed by atoms with Gasteiger partial charge in [0.2, 0.25) is 11.8 Å². The fourth-order valence-electron chi connectivity index (χ4n) is 2.42. The third-order valence-electron chi connectivity index (χ3n) is 3.32. The summed E-state index contributed by atoms with van der Waals surface area (Å²) in [5.41, 5.74) is 5.61. The molecule has 0 bridgehead atoms. The summed E-state index contributed by atoms with van der Waals surface area (Å²) in [7, 11) is 0. The van der Waals surface area contributed by atoms with Crippen LogP contribution in [0.25, 0.3) is 0 Å². The van der Waals surface area contributed by atoms with Crippen LogP contribution in [0, 0.1) is 0 Å². The monoisotopic (exact) mass is 290 g/mol. The molecule has 4 N–H and O–H groups in total. The molecule has 21 heavy (non-hydrogen) atoms. The maximum Gasteiger partial charge on any atom is 0.318 e. The van der Waals surface area contributed by atoms with Crippen LogP contribution in [0.1, 0.15) is 12.8 Å². The number of para-hydroxylation sites is 1. The summed E-state index contributed by atoms with van der Waals surface area (Å²) in [5.74, 6) is -0.646. The number of primary amides is 1. The molecule has 0 spiro atoms. The number of likely N-dealkylation sites (tertiary alicyclic amines) is 1. The van der Waals surface area contributed by atoms with Crippen molar-refractivity contribution in [3.8, 4) is 0 Å². The predicted molar refractivity (Wildman–Crippen MR) is 77.4 cm³/mol. The fourth-order valence-corrected chi connectivity index (χ4v) is 2.42. The van der Waals surface area contributed by atoms with Gasteiger partial charge in [-0.25, -0.2) is 4.79 Å². The Hall–Kier alpha value is -2.41. The topological polar surface area (TPSA) is 105 Å². The predicted octanol–water partition coefficient (Wildman–Crippen LogP) is 0.284. The maximum absolute atomic E-state index is 12.3. The molecule has 2 rings (SSSR count). The molecule has 7 nitrogen and oxygen atoms in total. The van der Waals surface area contributed by atoms with Gasteiger partial charge in [-0.1, -0.05) is 18.2 Å². The van der Waals surface area contributed by atoms with Crippen LogP contribution in [0.5, 0.6) is 0 Å². The molecule has 0 radical (unpaired) electrons. The average molecular weight is 290 g/mol. The van der Waals surface area contributed by atoms with Crippen molar-refractivity contribution in [2.45, 2.75) is 18.9 Å². The van der Waals surface area contributed by atoms with E-state index in [1.54, 1.807) is 17.0 Å². The Bertz CT molecular complexity index is 532. The van der Waals surface area contributed by atoms with Crippen molar-refractivity contribution < 1.29 is 14.4 Å². The minimum Gasteiger partial charge on any atom is -0.351 e. The number of hydrogen-bond donors (Lipinski definition) is 3. The summed E-state index contributed by atoms with van der Waals surface area (Å²) in [5, 5.41) is 4.83. The molecule has 112 valence electrons. The standard InChI is InChI=1S/C14H18N4O3/c15-14(21)17-12(19)9-18-8-4-7-11(18)13(20)16-10-5-2-1-3-6-10/h1-3,5-6,11H,4,7-9H2,(H,16,20)(H3,15,17,19,21)/t11-/m1/s1. The maximum atomic E-state index is 12.3. The molecular formula is C14H18N4O3. The fraction of sp³-hybridized carbons (Fsp3) is 0.357. The zero-order valence-electron chi connectivity index (χ0n) is 11.5. The molecular weight excluding hydrogens is 272 g/mol. The summed E-state index contributed by atoms with van der Waals surface area (Å²) < 4.78 is 0. The van der Waals surface area contributed by atoms with Gasteiger partial charge in [-0.2, -0.15) is 0 Å². The van der Waals surface area contributed by atoms with E-state index < -0.39 is 11.9 Å². The zero-order valence-corrected chi connectivity index (χ0v) is 11.5. The molecule has 1 fully saturated rings. The van der Waals surface area contributed by atoms with E-state index in [0.717, 1.165) is 12.1 Å². The van der Waals surface area contributed by atoms with Gasteiger partial charge in [0.05, 0.1) is 12.6 Å². The highest BCUT2D eigenvalue weighted by Gasteiger charge is 2.32. The number of rotatable bonds is 4. The molecule has 1 aliphatic rings. The van der Waals surface area contributed by atoms with Gasteiger partial charge in [-0.15, -0.1) is 0 Å². The number of nitrogens with zero attached hydrogens (tertiary/aromatic N) is 1. The number of urea groups is 1. The summed E-state index contributed by atoms with van der Waals surface area (Å²) in [4.78, 5) is 36.2. The van der Waals surface area contributed by atoms with Gasteiger partial charge in [-0.3, -0.25) is 19.8 Å². The Kier molecular flexibility index (Phi) is 4.89. The van der Waals surface area contributed by atoms with Crippen LogP contribution in [0.3, 0.4) is 0 Å². The lowest BCUT2D eigenvalue weighted by Gasteiger charge is -2.22. The third kappa shape index (κ3) is 4.28. The largest absolute Gasteiger partial charge is 0.351 e.